The summed E-state index contributed by atoms with van der Waals surface area (Å²) >= 11 is 2.90. The SMILES string of the molecule is CCOc1cccc(NS(=O)(=O)CBr)c1. The van der Waals surface area contributed by atoms with Gasteiger partial charge in [-0.15, -0.1) is 0 Å². The molecule has 0 spiro atoms. The van der Waals surface area contributed by atoms with E-state index in [1.165, 1.54) is 0 Å². The van der Waals surface area contributed by atoms with Gasteiger partial charge in [-0.25, -0.2) is 8.42 Å². The van der Waals surface area contributed by atoms with Gasteiger partial charge < -0.3 is 4.74 Å². The number of sulfonamides is 1. The first-order valence-electron chi connectivity index (χ1n) is 4.36. The topological polar surface area (TPSA) is 55.4 Å². The van der Waals surface area contributed by atoms with Crippen LogP contribution in [0.25, 0.3) is 0 Å². The lowest BCUT2D eigenvalue weighted by molar-refractivity contribution is 0.340. The molecule has 1 aromatic rings. The van der Waals surface area contributed by atoms with Crippen molar-refractivity contribution in [2.24, 2.45) is 0 Å². The van der Waals surface area contributed by atoms with E-state index in [-0.39, 0.29) is 4.66 Å². The maximum Gasteiger partial charge on any atom is 0.242 e. The number of alkyl halides is 1. The van der Waals surface area contributed by atoms with Crippen LogP contribution in [0.5, 0.6) is 5.75 Å². The number of halogens is 1. The van der Waals surface area contributed by atoms with Crippen molar-refractivity contribution in [3.8, 4) is 5.75 Å². The Balaban J connectivity index is 2.82. The average Bonchev–Trinajstić information content (AvgIpc) is 2.18. The lowest BCUT2D eigenvalue weighted by Crippen LogP contribution is -2.13. The highest BCUT2D eigenvalue weighted by Crippen LogP contribution is 2.18. The molecule has 1 N–H and O–H groups in total. The molecular formula is C9H12BrNO3S. The van der Waals surface area contributed by atoms with Crippen LogP contribution in [0.3, 0.4) is 0 Å². The van der Waals surface area contributed by atoms with Crippen LogP contribution in [-0.4, -0.2) is 19.7 Å². The van der Waals surface area contributed by atoms with Crippen LogP contribution in [0.15, 0.2) is 24.3 Å². The van der Waals surface area contributed by atoms with Gasteiger partial charge in [0.15, 0.2) is 0 Å². The Bertz CT molecular complexity index is 419. The van der Waals surface area contributed by atoms with Gasteiger partial charge in [0, 0.05) is 6.07 Å². The molecule has 0 saturated heterocycles. The quantitative estimate of drug-likeness (QED) is 0.847. The number of hydrogen-bond donors (Lipinski definition) is 1. The largest absolute Gasteiger partial charge is 0.494 e. The minimum absolute atomic E-state index is 0.126. The van der Waals surface area contributed by atoms with E-state index in [0.717, 1.165) is 0 Å². The normalized spacial score (nSPS) is 11.1. The highest BCUT2D eigenvalue weighted by Gasteiger charge is 2.07. The van der Waals surface area contributed by atoms with Crippen LogP contribution < -0.4 is 9.46 Å². The Morgan fingerprint density at radius 2 is 2.20 bits per heavy atom. The van der Waals surface area contributed by atoms with Crippen LogP contribution in [0, 0.1) is 0 Å². The summed E-state index contributed by atoms with van der Waals surface area (Å²) in [5.74, 6) is 0.646. The Hall–Kier alpha value is -0.750. The van der Waals surface area contributed by atoms with Crippen LogP contribution in [0.4, 0.5) is 5.69 Å². The van der Waals surface area contributed by atoms with Crippen LogP contribution >= 0.6 is 15.9 Å². The first-order valence-corrected chi connectivity index (χ1v) is 7.14. The second kappa shape index (κ2) is 5.37. The van der Waals surface area contributed by atoms with Gasteiger partial charge in [-0.3, -0.25) is 4.72 Å². The fourth-order valence-corrected chi connectivity index (χ4v) is 1.91. The molecule has 0 bridgehead atoms. The summed E-state index contributed by atoms with van der Waals surface area (Å²) in [6, 6.07) is 6.82. The lowest BCUT2D eigenvalue weighted by Gasteiger charge is -2.07. The van der Waals surface area contributed by atoms with Crippen molar-refractivity contribution in [3.63, 3.8) is 0 Å². The van der Waals surface area contributed by atoms with Gasteiger partial charge in [-0.1, -0.05) is 22.0 Å². The third kappa shape index (κ3) is 4.09. The molecule has 15 heavy (non-hydrogen) atoms. The highest BCUT2D eigenvalue weighted by atomic mass is 79.9. The van der Waals surface area contributed by atoms with E-state index in [0.29, 0.717) is 18.0 Å². The predicted molar refractivity (Wildman–Crippen MR) is 63.9 cm³/mol. The van der Waals surface area contributed by atoms with E-state index in [4.69, 9.17) is 4.74 Å². The fourth-order valence-electron chi connectivity index (χ4n) is 1.02. The molecule has 0 heterocycles. The number of ether oxygens (including phenoxy) is 1. The summed E-state index contributed by atoms with van der Waals surface area (Å²) in [7, 11) is -3.29. The summed E-state index contributed by atoms with van der Waals surface area (Å²) in [6.45, 7) is 2.42. The molecular weight excluding hydrogens is 282 g/mol. The second-order valence-electron chi connectivity index (χ2n) is 2.79. The first-order chi connectivity index (χ1) is 7.07. The molecule has 1 aromatic carbocycles. The molecule has 0 aliphatic carbocycles. The van der Waals surface area contributed by atoms with E-state index < -0.39 is 10.0 Å². The zero-order valence-electron chi connectivity index (χ0n) is 8.23. The number of hydrogen-bond acceptors (Lipinski definition) is 3. The van der Waals surface area contributed by atoms with Crippen LogP contribution in [0.1, 0.15) is 6.92 Å². The molecule has 0 aromatic heterocycles. The molecule has 0 radical (unpaired) electrons. The Morgan fingerprint density at radius 1 is 1.47 bits per heavy atom. The number of rotatable bonds is 5. The molecule has 0 aliphatic rings. The lowest BCUT2D eigenvalue weighted by atomic mass is 10.3. The first kappa shape index (κ1) is 12.3. The van der Waals surface area contributed by atoms with Crippen molar-refractivity contribution in [2.75, 3.05) is 16.0 Å². The molecule has 6 heteroatoms. The van der Waals surface area contributed by atoms with Gasteiger partial charge in [0.05, 0.1) is 12.3 Å². The zero-order valence-corrected chi connectivity index (χ0v) is 10.6. The molecule has 0 atom stereocenters. The summed E-state index contributed by atoms with van der Waals surface area (Å²) in [4.78, 5) is 0. The van der Waals surface area contributed by atoms with Gasteiger partial charge in [0.25, 0.3) is 0 Å². The maximum absolute atomic E-state index is 11.2. The summed E-state index contributed by atoms with van der Waals surface area (Å²) in [5.41, 5.74) is 0.500. The molecule has 84 valence electrons. The summed E-state index contributed by atoms with van der Waals surface area (Å²) < 4.78 is 30.0. The molecule has 0 fully saturated rings. The standard InChI is InChI=1S/C9H12BrNO3S/c1-2-14-9-5-3-4-8(6-9)11-15(12,13)7-10/h3-6,11H,2,7H2,1H3. The zero-order chi connectivity index (χ0) is 11.3. The Labute approximate surface area is 97.8 Å². The molecule has 0 amide bonds. The third-order valence-electron chi connectivity index (χ3n) is 1.56. The van der Waals surface area contributed by atoms with Crippen LogP contribution in [-0.2, 0) is 10.0 Å². The molecule has 1 rings (SSSR count). The Morgan fingerprint density at radius 3 is 2.80 bits per heavy atom. The Kier molecular flexibility index (Phi) is 4.41. The minimum Gasteiger partial charge on any atom is -0.494 e. The molecule has 0 aliphatic heterocycles. The van der Waals surface area contributed by atoms with Gasteiger partial charge in [0.2, 0.25) is 10.0 Å². The van der Waals surface area contributed by atoms with Gasteiger partial charge >= 0.3 is 0 Å². The van der Waals surface area contributed by atoms with Gasteiger partial charge in [0.1, 0.15) is 10.4 Å². The molecule has 0 unspecified atom stereocenters. The maximum atomic E-state index is 11.2. The molecule has 4 nitrogen and oxygen atoms in total. The van der Waals surface area contributed by atoms with Crippen molar-refractivity contribution in [1.29, 1.82) is 0 Å². The highest BCUT2D eigenvalue weighted by molar-refractivity contribution is 9.10. The van der Waals surface area contributed by atoms with Gasteiger partial charge in [-0.05, 0) is 19.1 Å². The van der Waals surface area contributed by atoms with E-state index >= 15 is 0 Å². The van der Waals surface area contributed by atoms with Crippen molar-refractivity contribution < 1.29 is 13.2 Å². The molecule has 0 saturated carbocycles. The third-order valence-corrected chi connectivity index (χ3v) is 4.20. The predicted octanol–water partition coefficient (Wildman–Crippen LogP) is 2.18. The number of nitrogens with one attached hydrogen (secondary N) is 1. The van der Waals surface area contributed by atoms with Crippen molar-refractivity contribution in [2.45, 2.75) is 6.92 Å². The second-order valence-corrected chi connectivity index (χ2v) is 5.81. The average molecular weight is 294 g/mol. The number of anilines is 1. The van der Waals surface area contributed by atoms with Crippen molar-refractivity contribution >= 4 is 31.6 Å². The fraction of sp³-hybridized carbons (Fsp3) is 0.333. The van der Waals surface area contributed by atoms with E-state index in [1.54, 1.807) is 24.3 Å². The van der Waals surface area contributed by atoms with E-state index in [9.17, 15) is 8.42 Å². The van der Waals surface area contributed by atoms with Crippen LogP contribution in [0.2, 0.25) is 0 Å². The monoisotopic (exact) mass is 293 g/mol. The van der Waals surface area contributed by atoms with Crippen molar-refractivity contribution in [1.82, 2.24) is 0 Å². The summed E-state index contributed by atoms with van der Waals surface area (Å²) in [5, 5.41) is 0. The summed E-state index contributed by atoms with van der Waals surface area (Å²) in [6.07, 6.45) is 0. The minimum atomic E-state index is -3.29. The number of benzene rings is 1. The van der Waals surface area contributed by atoms with Gasteiger partial charge in [-0.2, -0.15) is 0 Å². The smallest absolute Gasteiger partial charge is 0.242 e. The van der Waals surface area contributed by atoms with Crippen molar-refractivity contribution in [3.05, 3.63) is 24.3 Å². The van der Waals surface area contributed by atoms with E-state index in [2.05, 4.69) is 20.7 Å². The van der Waals surface area contributed by atoms with E-state index in [1.807, 2.05) is 6.92 Å².